The smallest absolute Gasteiger partial charge is 0.167 e. The molecule has 1 aliphatic heterocycles. The maximum atomic E-state index is 7.08. The third-order valence-corrected chi connectivity index (χ3v) is 15.1. The van der Waals surface area contributed by atoms with Gasteiger partial charge in [-0.2, -0.15) is 0 Å². The van der Waals surface area contributed by atoms with Crippen LogP contribution in [0.3, 0.4) is 0 Å². The molecule has 2 saturated carbocycles. The van der Waals surface area contributed by atoms with E-state index < -0.39 is 5.41 Å². The Morgan fingerprint density at radius 3 is 1.97 bits per heavy atom. The maximum absolute atomic E-state index is 7.08. The number of aromatic nitrogens is 3. The second-order valence-corrected chi connectivity index (χ2v) is 18.9. The van der Waals surface area contributed by atoms with Gasteiger partial charge in [0.1, 0.15) is 22.7 Å². The molecule has 300 valence electrons. The highest BCUT2D eigenvalue weighted by atomic mass is 16.5. The summed E-state index contributed by atoms with van der Waals surface area (Å²) in [7, 11) is 0. The van der Waals surface area contributed by atoms with Crippen molar-refractivity contribution in [3.8, 4) is 56.8 Å². The van der Waals surface area contributed by atoms with Gasteiger partial charge in [-0.15, -0.1) is 0 Å². The Morgan fingerprint density at radius 1 is 0.532 bits per heavy atom. The lowest BCUT2D eigenvalue weighted by Gasteiger charge is -2.39. The summed E-state index contributed by atoms with van der Waals surface area (Å²) in [6.45, 7) is 4.98. The molecule has 62 heavy (non-hydrogen) atoms. The molecule has 1 spiro atoms. The van der Waals surface area contributed by atoms with Gasteiger partial charge in [0.25, 0.3) is 0 Å². The van der Waals surface area contributed by atoms with Gasteiger partial charge in [0, 0.05) is 33.0 Å². The van der Waals surface area contributed by atoms with Crippen molar-refractivity contribution in [1.82, 2.24) is 15.0 Å². The molecule has 2 unspecified atom stereocenters. The first-order valence-corrected chi connectivity index (χ1v) is 22.3. The summed E-state index contributed by atoms with van der Waals surface area (Å²) in [5, 5.41) is 2.16. The van der Waals surface area contributed by atoms with Gasteiger partial charge in [0.15, 0.2) is 17.5 Å². The second kappa shape index (κ2) is 13.1. The molecule has 13 rings (SSSR count). The summed E-state index contributed by atoms with van der Waals surface area (Å²) in [6, 6.07) is 56.3. The van der Waals surface area contributed by atoms with Crippen LogP contribution < -0.4 is 4.74 Å². The normalized spacial score (nSPS) is 20.0. The molecule has 4 aliphatic rings. The van der Waals surface area contributed by atoms with Gasteiger partial charge in [-0.1, -0.05) is 154 Å². The topological polar surface area (TPSA) is 61.0 Å². The van der Waals surface area contributed by atoms with Gasteiger partial charge < -0.3 is 9.15 Å². The van der Waals surface area contributed by atoms with Crippen molar-refractivity contribution in [2.75, 3.05) is 0 Å². The van der Waals surface area contributed by atoms with E-state index in [-0.39, 0.29) is 5.41 Å². The number of hydrogen-bond donors (Lipinski definition) is 0. The third-order valence-electron chi connectivity index (χ3n) is 15.1. The number of benzene rings is 7. The van der Waals surface area contributed by atoms with Gasteiger partial charge >= 0.3 is 0 Å². The highest BCUT2D eigenvalue weighted by molar-refractivity contribution is 6.05. The average molecular weight is 804 g/mol. The minimum atomic E-state index is -0.598. The summed E-state index contributed by atoms with van der Waals surface area (Å²) in [4.78, 5) is 16.0. The van der Waals surface area contributed by atoms with Crippen LogP contribution in [-0.4, -0.2) is 15.0 Å². The largest absolute Gasteiger partial charge is 0.456 e. The molecule has 0 amide bonds. The summed E-state index contributed by atoms with van der Waals surface area (Å²) in [5.41, 5.74) is 12.9. The van der Waals surface area contributed by atoms with E-state index in [2.05, 4.69) is 159 Å². The zero-order valence-corrected chi connectivity index (χ0v) is 35.0. The minimum absolute atomic E-state index is 0.227. The number of para-hydroxylation sites is 3. The molecule has 7 aromatic carbocycles. The zero-order valence-electron chi connectivity index (χ0n) is 35.0. The monoisotopic (exact) mass is 803 g/mol. The van der Waals surface area contributed by atoms with E-state index in [9.17, 15) is 0 Å². The Bertz CT molecular complexity index is 3240. The Morgan fingerprint density at radius 2 is 1.16 bits per heavy atom. The van der Waals surface area contributed by atoms with Crippen LogP contribution in [0.25, 0.3) is 67.2 Å². The molecule has 0 N–H and O–H groups in total. The molecule has 0 radical (unpaired) electrons. The van der Waals surface area contributed by atoms with Gasteiger partial charge in [-0.3, -0.25) is 0 Å². The standard InChI is InChI=1S/C57H45N3O2/c1-55(2)34-56(31-12-11-14-38(55)33-56)37-28-25-35(26-29-37)52-58-53(36-27-30-42-41-17-5-9-23-48(41)61-50(42)32-36)60-54(59-52)43-18-13-22-47-51(43)62-49-24-10-8-21-46(49)57(47)44-19-6-3-15-39(44)40-16-4-7-20-45(40)57/h3-10,13,15-30,32,38H,11-12,14,31,33-34H2,1-2H3. The molecule has 9 aromatic rings. The Balaban J connectivity index is 1.01. The first kappa shape index (κ1) is 35.9. The van der Waals surface area contributed by atoms with Gasteiger partial charge in [-0.05, 0) is 101 Å². The molecule has 3 heterocycles. The van der Waals surface area contributed by atoms with Gasteiger partial charge in [-0.25, -0.2) is 15.0 Å². The molecular weight excluding hydrogens is 759 g/mol. The van der Waals surface area contributed by atoms with Crippen LogP contribution in [0.4, 0.5) is 0 Å². The van der Waals surface area contributed by atoms with Crippen molar-refractivity contribution >= 4 is 21.9 Å². The molecule has 5 nitrogen and oxygen atoms in total. The molecule has 5 heteroatoms. The van der Waals surface area contributed by atoms with Crippen LogP contribution in [0.5, 0.6) is 11.5 Å². The molecule has 0 saturated heterocycles. The van der Waals surface area contributed by atoms with Crippen LogP contribution >= 0.6 is 0 Å². The van der Waals surface area contributed by atoms with Crippen LogP contribution in [-0.2, 0) is 10.8 Å². The van der Waals surface area contributed by atoms with Crippen molar-refractivity contribution in [3.63, 3.8) is 0 Å². The second-order valence-electron chi connectivity index (χ2n) is 18.9. The van der Waals surface area contributed by atoms with E-state index in [1.807, 2.05) is 12.1 Å². The number of rotatable bonds is 4. The van der Waals surface area contributed by atoms with Crippen molar-refractivity contribution < 1.29 is 9.15 Å². The lowest BCUT2D eigenvalue weighted by molar-refractivity contribution is 0.227. The predicted octanol–water partition coefficient (Wildman–Crippen LogP) is 14.5. The highest BCUT2D eigenvalue weighted by Gasteiger charge is 2.52. The van der Waals surface area contributed by atoms with E-state index >= 15 is 0 Å². The average Bonchev–Trinajstić information content (AvgIpc) is 3.85. The molecule has 3 aliphatic carbocycles. The maximum Gasteiger partial charge on any atom is 0.167 e. The van der Waals surface area contributed by atoms with Crippen molar-refractivity contribution in [2.45, 2.75) is 63.2 Å². The van der Waals surface area contributed by atoms with Gasteiger partial charge in [0.2, 0.25) is 0 Å². The lowest BCUT2D eigenvalue weighted by Crippen LogP contribution is -2.32. The molecule has 2 aromatic heterocycles. The quantitative estimate of drug-likeness (QED) is 0.177. The van der Waals surface area contributed by atoms with E-state index in [1.165, 1.54) is 66.3 Å². The first-order chi connectivity index (χ1) is 30.4. The van der Waals surface area contributed by atoms with Crippen molar-refractivity contribution in [3.05, 3.63) is 186 Å². The van der Waals surface area contributed by atoms with E-state index in [1.54, 1.807) is 0 Å². The zero-order chi connectivity index (χ0) is 41.2. The minimum Gasteiger partial charge on any atom is -0.456 e. The SMILES string of the molecule is CC1(C)CC2(c3ccc(-c4nc(-c5ccc6c(c5)oc5ccccc56)nc(-c5cccc6c5Oc5ccccc5C65c6ccccc6-c6ccccc65)n4)cc3)CCCCC1C2. The molecular formula is C57H45N3O2. The Labute approximate surface area is 361 Å². The van der Waals surface area contributed by atoms with Crippen LogP contribution in [0.15, 0.2) is 162 Å². The summed E-state index contributed by atoms with van der Waals surface area (Å²) < 4.78 is 13.5. The van der Waals surface area contributed by atoms with Crippen LogP contribution in [0, 0.1) is 11.3 Å². The van der Waals surface area contributed by atoms with Gasteiger partial charge in [0.05, 0.1) is 11.0 Å². The number of ether oxygens (including phenoxy) is 1. The molecule has 2 fully saturated rings. The van der Waals surface area contributed by atoms with Crippen molar-refractivity contribution in [2.24, 2.45) is 11.3 Å². The Kier molecular flexibility index (Phi) is 7.57. The van der Waals surface area contributed by atoms with E-state index in [0.717, 1.165) is 67.2 Å². The fourth-order valence-corrected chi connectivity index (χ4v) is 12.4. The number of fused-ring (bicyclic) bond motifs is 14. The fraction of sp³-hybridized carbons (Fsp3) is 0.211. The number of nitrogens with zero attached hydrogens (tertiary/aromatic N) is 3. The summed E-state index contributed by atoms with van der Waals surface area (Å²) in [6.07, 6.45) is 7.77. The first-order valence-electron chi connectivity index (χ1n) is 22.3. The van der Waals surface area contributed by atoms with E-state index in [4.69, 9.17) is 24.1 Å². The summed E-state index contributed by atoms with van der Waals surface area (Å²) >= 11 is 0. The number of furan rings is 1. The summed E-state index contributed by atoms with van der Waals surface area (Å²) in [5.74, 6) is 4.14. The van der Waals surface area contributed by atoms with Crippen LogP contribution in [0.1, 0.15) is 80.2 Å². The fourth-order valence-electron chi connectivity index (χ4n) is 12.4. The highest BCUT2D eigenvalue weighted by Crippen LogP contribution is 2.63. The number of hydrogen-bond acceptors (Lipinski definition) is 5. The third kappa shape index (κ3) is 5.05. The van der Waals surface area contributed by atoms with Crippen LogP contribution in [0.2, 0.25) is 0 Å². The van der Waals surface area contributed by atoms with E-state index in [0.29, 0.717) is 22.9 Å². The molecule has 2 atom stereocenters. The molecule has 2 bridgehead atoms. The predicted molar refractivity (Wildman–Crippen MR) is 247 cm³/mol. The Hall–Kier alpha value is -6.85. The lowest BCUT2D eigenvalue weighted by atomic mass is 9.66. The van der Waals surface area contributed by atoms with Crippen molar-refractivity contribution in [1.29, 1.82) is 0 Å².